The van der Waals surface area contributed by atoms with Crippen LogP contribution in [0.5, 0.6) is 23.0 Å². The van der Waals surface area contributed by atoms with E-state index in [1.165, 1.54) is 7.11 Å². The molecule has 4 aliphatic rings. The molecule has 2 bridgehead atoms. The summed E-state index contributed by atoms with van der Waals surface area (Å²) in [7, 11) is 5.15. The summed E-state index contributed by atoms with van der Waals surface area (Å²) < 4.78 is 18.3. The van der Waals surface area contributed by atoms with Crippen molar-refractivity contribution in [3.8, 4) is 35.0 Å². The number of benzene rings is 2. The second-order valence-corrected chi connectivity index (χ2v) is 17.2. The Hall–Kier alpha value is -4.28. The molecule has 1 spiro atoms. The number of carbonyl (C=O) groups is 1. The Morgan fingerprint density at radius 2 is 1.90 bits per heavy atom. The number of anilines is 1. The van der Waals surface area contributed by atoms with Crippen LogP contribution >= 0.6 is 0 Å². The molecule has 316 valence electrons. The molecule has 6 rings (SSSR count). The molecule has 2 aromatic carbocycles. The van der Waals surface area contributed by atoms with Gasteiger partial charge < -0.3 is 40.2 Å². The van der Waals surface area contributed by atoms with E-state index in [0.717, 1.165) is 81.8 Å². The molecule has 12 heteroatoms. The molecule has 7 N–H and O–H groups in total. The lowest BCUT2D eigenvalue weighted by atomic mass is 9.68. The number of nitrogens with one attached hydrogen (secondary N) is 4. The molecule has 3 aliphatic carbocycles. The van der Waals surface area contributed by atoms with E-state index >= 15 is 0 Å². The van der Waals surface area contributed by atoms with E-state index in [1.807, 2.05) is 37.4 Å². The molecule has 0 unspecified atom stereocenters. The number of aliphatic hydroxyl groups excluding tert-OH is 1. The molecule has 58 heavy (non-hydrogen) atoms. The van der Waals surface area contributed by atoms with E-state index in [-0.39, 0.29) is 28.6 Å². The zero-order valence-corrected chi connectivity index (χ0v) is 34.9. The third-order valence-corrected chi connectivity index (χ3v) is 13.1. The lowest BCUT2D eigenvalue weighted by Crippen LogP contribution is -2.43. The standard InChI is InChI=1S/C46H65N5O7/c1-32(52)29-49-31-57-23-16-33-15-21-45(27-33,30-47-2)58-40-26-36-25-37(42(40)55)51-43(48-3)50-22-9-11-35-10-7-20-46(35,28-34-13-14-38(53)39(24-34)56-4)41(54)12-8-19-44(36)17-5-6-18-44/h8,12-14,24-26,32-33,35,47,49,52-53,55H,5-7,10-11,15-21,23,27-31H2,1-4H3,(H2,48,50,51)/b12-8+/t32-,33-,35-,45-,46-/m0/s1. The number of aliphatic imine (C=N–C) groups is 1. The Morgan fingerprint density at radius 1 is 1.07 bits per heavy atom. The van der Waals surface area contributed by atoms with Gasteiger partial charge in [0, 0.05) is 44.6 Å². The number of phenols is 2. The number of phenolic OH excluding ortho intramolecular Hbond substituents is 2. The number of allylic oxidation sites excluding steroid dienone is 2. The SMILES string of the molecule is CN=C1NC#CC[C@@H]2CCC[C@@]2(Cc2ccc(O)c(OC)c2)C(=O)/C=C/CC2(CCCC2)c2cc(c(O)c(O[C@@]3(CNC)CC[C@@H](CCOCNC[C@H](C)O)C3)c2)N1. The van der Waals surface area contributed by atoms with E-state index in [1.54, 1.807) is 20.0 Å². The number of hydrogen-bond acceptors (Lipinski definition) is 10. The maximum atomic E-state index is 14.6. The van der Waals surface area contributed by atoms with Crippen LogP contribution < -0.4 is 30.7 Å². The maximum absolute atomic E-state index is 14.6. The van der Waals surface area contributed by atoms with Gasteiger partial charge in [0.25, 0.3) is 0 Å². The second kappa shape index (κ2) is 19.6. The van der Waals surface area contributed by atoms with Gasteiger partial charge in [-0.3, -0.25) is 20.4 Å². The zero-order valence-electron chi connectivity index (χ0n) is 34.9. The van der Waals surface area contributed by atoms with E-state index in [2.05, 4.69) is 44.3 Å². The summed E-state index contributed by atoms with van der Waals surface area (Å²) in [4.78, 5) is 19.1. The fraction of sp³-hybridized carbons (Fsp3) is 0.609. The molecule has 0 aromatic heterocycles. The Bertz CT molecular complexity index is 1850. The van der Waals surface area contributed by atoms with Crippen molar-refractivity contribution in [3.05, 3.63) is 53.6 Å². The number of nitrogens with zero attached hydrogens (tertiary/aromatic N) is 1. The summed E-state index contributed by atoms with van der Waals surface area (Å²) in [5.41, 5.74) is 1.08. The molecule has 0 saturated heterocycles. The Labute approximate surface area is 344 Å². The van der Waals surface area contributed by atoms with Crippen molar-refractivity contribution in [2.45, 2.75) is 114 Å². The summed E-state index contributed by atoms with van der Waals surface area (Å²) >= 11 is 0. The van der Waals surface area contributed by atoms with Crippen molar-refractivity contribution in [2.75, 3.05) is 52.9 Å². The molecule has 2 aromatic rings. The number of rotatable bonds is 14. The molecule has 5 atom stereocenters. The van der Waals surface area contributed by atoms with Crippen molar-refractivity contribution in [1.29, 1.82) is 0 Å². The third-order valence-electron chi connectivity index (χ3n) is 13.1. The number of ketones is 1. The number of aliphatic hydroxyl groups is 1. The predicted octanol–water partition coefficient (Wildman–Crippen LogP) is 6.29. The summed E-state index contributed by atoms with van der Waals surface area (Å²) in [5.74, 6) is 5.19. The summed E-state index contributed by atoms with van der Waals surface area (Å²) in [6.45, 7) is 3.88. The first-order chi connectivity index (χ1) is 28.0. The van der Waals surface area contributed by atoms with E-state index in [4.69, 9.17) is 14.2 Å². The van der Waals surface area contributed by atoms with Crippen molar-refractivity contribution in [2.24, 2.45) is 22.2 Å². The van der Waals surface area contributed by atoms with Crippen LogP contribution in [0.2, 0.25) is 0 Å². The highest BCUT2D eigenvalue weighted by Crippen LogP contribution is 2.52. The van der Waals surface area contributed by atoms with Crippen LogP contribution in [0.1, 0.15) is 102 Å². The summed E-state index contributed by atoms with van der Waals surface area (Å²) in [5, 5.41) is 44.7. The molecule has 12 nitrogen and oxygen atoms in total. The van der Waals surface area contributed by atoms with E-state index < -0.39 is 17.1 Å². The Kier molecular flexibility index (Phi) is 14.7. The smallest absolute Gasteiger partial charge is 0.207 e. The average molecular weight is 800 g/mol. The van der Waals surface area contributed by atoms with Crippen LogP contribution in [0, 0.1) is 29.2 Å². The van der Waals surface area contributed by atoms with Gasteiger partial charge in [0.1, 0.15) is 5.60 Å². The van der Waals surface area contributed by atoms with E-state index in [9.17, 15) is 20.1 Å². The number of ether oxygens (including phenoxy) is 3. The largest absolute Gasteiger partial charge is 0.504 e. The van der Waals surface area contributed by atoms with Gasteiger partial charge in [-0.05, 0) is 137 Å². The van der Waals surface area contributed by atoms with Crippen molar-refractivity contribution >= 4 is 17.4 Å². The maximum Gasteiger partial charge on any atom is 0.207 e. The Morgan fingerprint density at radius 3 is 2.66 bits per heavy atom. The highest BCUT2D eigenvalue weighted by atomic mass is 16.5. The molecule has 0 amide bonds. The second-order valence-electron chi connectivity index (χ2n) is 17.2. The summed E-state index contributed by atoms with van der Waals surface area (Å²) in [6, 6.07) is 12.5. The molecule has 1 aliphatic heterocycles. The van der Waals surface area contributed by atoms with Gasteiger partial charge in [0.05, 0.1) is 25.6 Å². The average Bonchev–Trinajstić information content (AvgIpc) is 3.96. The third kappa shape index (κ3) is 10.1. The van der Waals surface area contributed by atoms with Crippen molar-refractivity contribution in [3.63, 3.8) is 0 Å². The Balaban J connectivity index is 1.31. The van der Waals surface area contributed by atoms with Crippen LogP contribution in [-0.2, 0) is 21.4 Å². The van der Waals surface area contributed by atoms with Crippen LogP contribution in [0.4, 0.5) is 5.69 Å². The first kappa shape index (κ1) is 43.3. The molecule has 3 saturated carbocycles. The number of fused-ring (bicyclic) bond motifs is 4. The molecular weight excluding hydrogens is 735 g/mol. The van der Waals surface area contributed by atoms with Gasteiger partial charge in [0.2, 0.25) is 5.96 Å². The summed E-state index contributed by atoms with van der Waals surface area (Å²) in [6.07, 6.45) is 15.4. The lowest BCUT2D eigenvalue weighted by molar-refractivity contribution is -0.125. The number of guanidine groups is 1. The topological polar surface area (TPSA) is 166 Å². The van der Waals surface area contributed by atoms with Gasteiger partial charge in [0.15, 0.2) is 28.8 Å². The first-order valence-electron chi connectivity index (χ1n) is 21.3. The number of methoxy groups -OCH3 is 1. The lowest BCUT2D eigenvalue weighted by Gasteiger charge is -2.34. The monoisotopic (exact) mass is 799 g/mol. The number of hydrogen-bond donors (Lipinski definition) is 7. The first-order valence-corrected chi connectivity index (χ1v) is 21.3. The van der Waals surface area contributed by atoms with Crippen LogP contribution in [-0.4, -0.2) is 86.4 Å². The predicted molar refractivity (Wildman–Crippen MR) is 227 cm³/mol. The number of carbonyl (C=O) groups excluding carboxylic acids is 1. The van der Waals surface area contributed by atoms with Gasteiger partial charge in [-0.1, -0.05) is 37.3 Å². The fourth-order valence-electron chi connectivity index (χ4n) is 10.1. The molecule has 3 fully saturated rings. The van der Waals surface area contributed by atoms with Gasteiger partial charge in [-0.2, -0.15) is 0 Å². The molecule has 0 radical (unpaired) electrons. The minimum atomic E-state index is -0.637. The van der Waals surface area contributed by atoms with E-state index in [0.29, 0.717) is 74.8 Å². The van der Waals surface area contributed by atoms with Crippen LogP contribution in [0.25, 0.3) is 0 Å². The fourth-order valence-corrected chi connectivity index (χ4v) is 10.1. The van der Waals surface area contributed by atoms with Crippen LogP contribution in [0.15, 0.2) is 47.5 Å². The molecular formula is C46H65N5O7. The normalized spacial score (nSPS) is 27.3. The molecule has 1 heterocycles. The van der Waals surface area contributed by atoms with Gasteiger partial charge in [-0.25, -0.2) is 0 Å². The van der Waals surface area contributed by atoms with Crippen LogP contribution in [0.3, 0.4) is 0 Å². The zero-order chi connectivity index (χ0) is 41.2. The quantitative estimate of drug-likeness (QED) is 0.0498. The number of aromatic hydroxyl groups is 2. The van der Waals surface area contributed by atoms with Crippen molar-refractivity contribution < 1.29 is 34.3 Å². The minimum absolute atomic E-state index is 0.0210. The minimum Gasteiger partial charge on any atom is -0.504 e. The highest BCUT2D eigenvalue weighted by Gasteiger charge is 2.48. The highest BCUT2D eigenvalue weighted by molar-refractivity contribution is 5.97. The van der Waals surface area contributed by atoms with Gasteiger partial charge in [-0.15, -0.1) is 0 Å². The number of likely N-dealkylation sites (N-methyl/N-ethyl adjacent to an activating group) is 1. The van der Waals surface area contributed by atoms with Gasteiger partial charge >= 0.3 is 0 Å². The van der Waals surface area contributed by atoms with Crippen molar-refractivity contribution in [1.82, 2.24) is 16.0 Å².